The third-order valence-electron chi connectivity index (χ3n) is 1.63. The van der Waals surface area contributed by atoms with Crippen LogP contribution in [-0.2, 0) is 9.47 Å². The third kappa shape index (κ3) is 6.42. The number of hydrogen-bond acceptors (Lipinski definition) is 5. The molecule has 0 bridgehead atoms. The van der Waals surface area contributed by atoms with Crippen LogP contribution in [0.5, 0.6) is 0 Å². The maximum absolute atomic E-state index is 9.74. The molecule has 1 aliphatic heterocycles. The monoisotopic (exact) mass is 214 g/mol. The van der Waals surface area contributed by atoms with E-state index in [1.165, 1.54) is 14.2 Å². The Morgan fingerprint density at radius 3 is 2.33 bits per heavy atom. The molecule has 0 saturated heterocycles. The maximum atomic E-state index is 9.74. The summed E-state index contributed by atoms with van der Waals surface area (Å²) in [5.41, 5.74) is 0. The van der Waals surface area contributed by atoms with E-state index in [0.29, 0.717) is 0 Å². The van der Waals surface area contributed by atoms with Gasteiger partial charge in [-0.25, -0.2) is 4.79 Å². The van der Waals surface area contributed by atoms with Crippen LogP contribution < -0.4 is 0 Å². The van der Waals surface area contributed by atoms with Crippen molar-refractivity contribution in [3.63, 3.8) is 0 Å². The summed E-state index contributed by atoms with van der Waals surface area (Å²) >= 11 is 0. The minimum atomic E-state index is -0.657. The van der Waals surface area contributed by atoms with Crippen molar-refractivity contribution in [1.82, 2.24) is 9.80 Å². The van der Waals surface area contributed by atoms with Gasteiger partial charge in [-0.05, 0) is 0 Å². The first-order valence-corrected chi connectivity index (χ1v) is 4.49. The van der Waals surface area contributed by atoms with Crippen LogP contribution in [0.25, 0.3) is 0 Å². The standard InChI is InChI=1S/C7H12N2.C3H6O3/c1-3-4-9-6-5-8(2)7-9;1-5-3(4)6-2/h3,5-6H,1,4,7H2,2H3;1-2H3. The van der Waals surface area contributed by atoms with E-state index in [4.69, 9.17) is 0 Å². The van der Waals surface area contributed by atoms with Crippen molar-refractivity contribution < 1.29 is 14.3 Å². The van der Waals surface area contributed by atoms with Gasteiger partial charge in [-0.2, -0.15) is 0 Å². The van der Waals surface area contributed by atoms with Crippen molar-refractivity contribution in [2.24, 2.45) is 0 Å². The topological polar surface area (TPSA) is 42.0 Å². The molecule has 1 aliphatic rings. The summed E-state index contributed by atoms with van der Waals surface area (Å²) in [5.74, 6) is 0. The lowest BCUT2D eigenvalue weighted by molar-refractivity contribution is 0.0924. The Bertz CT molecular complexity index is 223. The fourth-order valence-corrected chi connectivity index (χ4v) is 0.957. The van der Waals surface area contributed by atoms with Gasteiger partial charge in [0.05, 0.1) is 20.9 Å². The van der Waals surface area contributed by atoms with Gasteiger partial charge in [0.25, 0.3) is 0 Å². The number of hydrogen-bond donors (Lipinski definition) is 0. The number of carbonyl (C=O) groups excluding carboxylic acids is 1. The van der Waals surface area contributed by atoms with Crippen LogP contribution in [0, 0.1) is 0 Å². The maximum Gasteiger partial charge on any atom is 0.507 e. The van der Waals surface area contributed by atoms with E-state index >= 15 is 0 Å². The van der Waals surface area contributed by atoms with Crippen molar-refractivity contribution in [1.29, 1.82) is 0 Å². The van der Waals surface area contributed by atoms with Gasteiger partial charge in [0.1, 0.15) is 0 Å². The summed E-state index contributed by atoms with van der Waals surface area (Å²) in [7, 11) is 4.57. The summed E-state index contributed by atoms with van der Waals surface area (Å²) in [5, 5.41) is 0. The molecule has 0 spiro atoms. The van der Waals surface area contributed by atoms with Crippen LogP contribution >= 0.6 is 0 Å². The Morgan fingerprint density at radius 2 is 2.07 bits per heavy atom. The van der Waals surface area contributed by atoms with Crippen LogP contribution in [0.3, 0.4) is 0 Å². The number of nitrogens with zero attached hydrogens (tertiary/aromatic N) is 2. The van der Waals surface area contributed by atoms with Crippen LogP contribution in [0.15, 0.2) is 25.1 Å². The summed E-state index contributed by atoms with van der Waals surface area (Å²) in [6.07, 6.45) is 5.38. The molecule has 0 aromatic heterocycles. The zero-order valence-corrected chi connectivity index (χ0v) is 9.47. The van der Waals surface area contributed by atoms with Crippen molar-refractivity contribution in [3.05, 3.63) is 25.1 Å². The fourth-order valence-electron chi connectivity index (χ4n) is 0.957. The first-order valence-electron chi connectivity index (χ1n) is 4.49. The molecule has 0 unspecified atom stereocenters. The Kier molecular flexibility index (Phi) is 6.88. The molecule has 0 atom stereocenters. The molecule has 0 aliphatic carbocycles. The summed E-state index contributed by atoms with van der Waals surface area (Å²) in [6.45, 7) is 5.59. The van der Waals surface area contributed by atoms with Gasteiger partial charge >= 0.3 is 6.16 Å². The molecule has 86 valence electrons. The van der Waals surface area contributed by atoms with Gasteiger partial charge in [0.15, 0.2) is 0 Å². The lowest BCUT2D eigenvalue weighted by Crippen LogP contribution is -2.21. The molecular formula is C10H18N2O3. The highest BCUT2D eigenvalue weighted by molar-refractivity contribution is 5.59. The van der Waals surface area contributed by atoms with E-state index in [-0.39, 0.29) is 0 Å². The van der Waals surface area contributed by atoms with E-state index in [1.54, 1.807) is 0 Å². The van der Waals surface area contributed by atoms with Gasteiger partial charge < -0.3 is 19.3 Å². The lowest BCUT2D eigenvalue weighted by atomic mass is 10.6. The predicted octanol–water partition coefficient (Wildman–Crippen LogP) is 1.25. The Balaban J connectivity index is 0.000000288. The molecule has 0 aromatic rings. The van der Waals surface area contributed by atoms with Gasteiger partial charge in [0, 0.05) is 26.0 Å². The van der Waals surface area contributed by atoms with Crippen LogP contribution in [0.2, 0.25) is 0 Å². The highest BCUT2D eigenvalue weighted by Gasteiger charge is 2.04. The Hall–Kier alpha value is -1.65. The lowest BCUT2D eigenvalue weighted by Gasteiger charge is -2.15. The second-order valence-electron chi connectivity index (χ2n) is 2.91. The number of carbonyl (C=O) groups is 1. The second-order valence-corrected chi connectivity index (χ2v) is 2.91. The number of rotatable bonds is 2. The molecular weight excluding hydrogens is 196 g/mol. The molecule has 0 fully saturated rings. The Morgan fingerprint density at radius 1 is 1.47 bits per heavy atom. The quantitative estimate of drug-likeness (QED) is 0.511. The first kappa shape index (κ1) is 13.4. The summed E-state index contributed by atoms with van der Waals surface area (Å²) < 4.78 is 8.08. The van der Waals surface area contributed by atoms with Gasteiger partial charge in [-0.1, -0.05) is 6.08 Å². The minimum absolute atomic E-state index is 0.657. The fraction of sp³-hybridized carbons (Fsp3) is 0.500. The molecule has 15 heavy (non-hydrogen) atoms. The van der Waals surface area contributed by atoms with E-state index in [0.717, 1.165) is 13.2 Å². The second kappa shape index (κ2) is 7.73. The molecule has 1 heterocycles. The zero-order valence-electron chi connectivity index (χ0n) is 9.47. The average molecular weight is 214 g/mol. The molecule has 5 nitrogen and oxygen atoms in total. The van der Waals surface area contributed by atoms with Gasteiger partial charge in [0.2, 0.25) is 0 Å². The van der Waals surface area contributed by atoms with Crippen LogP contribution in [-0.4, -0.2) is 50.4 Å². The predicted molar refractivity (Wildman–Crippen MR) is 58.1 cm³/mol. The largest absolute Gasteiger partial charge is 0.507 e. The number of ether oxygens (including phenoxy) is 2. The normalized spacial score (nSPS) is 13.0. The number of methoxy groups -OCH3 is 2. The van der Waals surface area contributed by atoms with E-state index in [2.05, 4.69) is 45.3 Å². The molecule has 0 amide bonds. The van der Waals surface area contributed by atoms with Crippen molar-refractivity contribution in [2.45, 2.75) is 0 Å². The van der Waals surface area contributed by atoms with Gasteiger partial charge in [-0.15, -0.1) is 6.58 Å². The summed E-state index contributed by atoms with van der Waals surface area (Å²) in [4.78, 5) is 14.1. The molecule has 0 radical (unpaired) electrons. The van der Waals surface area contributed by atoms with Crippen LogP contribution in [0.1, 0.15) is 0 Å². The van der Waals surface area contributed by atoms with E-state index < -0.39 is 6.16 Å². The molecule has 0 N–H and O–H groups in total. The minimum Gasteiger partial charge on any atom is -0.438 e. The third-order valence-corrected chi connectivity index (χ3v) is 1.63. The molecule has 5 heteroatoms. The highest BCUT2D eigenvalue weighted by atomic mass is 16.7. The first-order chi connectivity index (χ1) is 7.13. The van der Waals surface area contributed by atoms with Crippen LogP contribution in [0.4, 0.5) is 4.79 Å². The molecule has 0 aromatic carbocycles. The average Bonchev–Trinajstić information content (AvgIpc) is 2.64. The van der Waals surface area contributed by atoms with Crippen molar-refractivity contribution >= 4 is 6.16 Å². The van der Waals surface area contributed by atoms with Crippen molar-refractivity contribution in [2.75, 3.05) is 34.5 Å². The van der Waals surface area contributed by atoms with E-state index in [1.807, 2.05) is 6.08 Å². The van der Waals surface area contributed by atoms with Crippen molar-refractivity contribution in [3.8, 4) is 0 Å². The summed E-state index contributed by atoms with van der Waals surface area (Å²) in [6, 6.07) is 0. The SMILES string of the molecule is C=CCN1C=CN(C)C1.COC(=O)OC. The van der Waals surface area contributed by atoms with E-state index in [9.17, 15) is 4.79 Å². The highest BCUT2D eigenvalue weighted by Crippen LogP contribution is 2.01. The Labute approximate surface area is 90.6 Å². The molecule has 0 saturated carbocycles. The molecule has 1 rings (SSSR count). The smallest absolute Gasteiger partial charge is 0.438 e. The zero-order chi connectivity index (χ0) is 11.7. The van der Waals surface area contributed by atoms with Gasteiger partial charge in [-0.3, -0.25) is 0 Å².